The summed E-state index contributed by atoms with van der Waals surface area (Å²) in [5.41, 5.74) is 1.54. The first-order valence-electron chi connectivity index (χ1n) is 6.15. The Morgan fingerprint density at radius 1 is 1.42 bits per heavy atom. The summed E-state index contributed by atoms with van der Waals surface area (Å²) in [4.78, 5) is 24.6. The molecule has 2 rings (SSSR count). The average molecular weight is 263 g/mol. The van der Waals surface area contributed by atoms with Crippen LogP contribution < -0.4 is 15.5 Å². The Morgan fingerprint density at radius 3 is 2.74 bits per heavy atom. The van der Waals surface area contributed by atoms with Crippen molar-refractivity contribution < 1.29 is 14.3 Å². The molecule has 3 amide bonds. The number of methoxy groups -OCH3 is 1. The molecule has 1 aromatic carbocycles. The van der Waals surface area contributed by atoms with E-state index in [1.807, 2.05) is 12.1 Å². The van der Waals surface area contributed by atoms with Crippen molar-refractivity contribution >= 4 is 23.3 Å². The van der Waals surface area contributed by atoms with Gasteiger partial charge >= 0.3 is 6.03 Å². The number of hydrogen-bond donors (Lipinski definition) is 2. The number of hydrogen-bond acceptors (Lipinski definition) is 3. The molecule has 0 radical (unpaired) electrons. The predicted octanol–water partition coefficient (Wildman–Crippen LogP) is 1.19. The van der Waals surface area contributed by atoms with Crippen molar-refractivity contribution in [2.24, 2.45) is 0 Å². The highest BCUT2D eigenvalue weighted by molar-refractivity contribution is 5.95. The van der Waals surface area contributed by atoms with E-state index in [0.717, 1.165) is 5.69 Å². The van der Waals surface area contributed by atoms with Crippen molar-refractivity contribution in [1.29, 1.82) is 0 Å². The fourth-order valence-electron chi connectivity index (χ4n) is 1.86. The maximum absolute atomic E-state index is 11.5. The Balaban J connectivity index is 1.94. The number of amides is 3. The molecule has 1 aromatic rings. The van der Waals surface area contributed by atoms with Gasteiger partial charge in [-0.3, -0.25) is 9.69 Å². The second kappa shape index (κ2) is 6.19. The van der Waals surface area contributed by atoms with Crippen LogP contribution in [0, 0.1) is 0 Å². The molecule has 1 aliphatic heterocycles. The van der Waals surface area contributed by atoms with E-state index in [0.29, 0.717) is 31.8 Å². The van der Waals surface area contributed by atoms with Crippen LogP contribution in [0.3, 0.4) is 0 Å². The van der Waals surface area contributed by atoms with Crippen LogP contribution in [-0.2, 0) is 9.53 Å². The number of urea groups is 1. The van der Waals surface area contributed by atoms with Crippen LogP contribution in [-0.4, -0.2) is 38.7 Å². The van der Waals surface area contributed by atoms with Gasteiger partial charge in [0.25, 0.3) is 0 Å². The number of carbonyl (C=O) groups is 2. The zero-order chi connectivity index (χ0) is 13.7. The van der Waals surface area contributed by atoms with E-state index in [9.17, 15) is 9.59 Å². The van der Waals surface area contributed by atoms with Crippen LogP contribution in [0.5, 0.6) is 0 Å². The first-order chi connectivity index (χ1) is 9.20. The van der Waals surface area contributed by atoms with Crippen molar-refractivity contribution in [2.75, 3.05) is 37.0 Å². The van der Waals surface area contributed by atoms with E-state index in [-0.39, 0.29) is 11.9 Å². The molecule has 6 heteroatoms. The Hall–Kier alpha value is -2.08. The molecule has 1 saturated heterocycles. The molecule has 0 bridgehead atoms. The minimum atomic E-state index is -0.0893. The third kappa shape index (κ3) is 3.45. The SMILES string of the molecule is COCCC(=O)Nc1ccc(N2CCNC2=O)cc1. The molecular weight excluding hydrogens is 246 g/mol. The lowest BCUT2D eigenvalue weighted by Gasteiger charge is -2.14. The molecule has 102 valence electrons. The molecule has 0 spiro atoms. The first-order valence-corrected chi connectivity index (χ1v) is 6.15. The fraction of sp³-hybridized carbons (Fsp3) is 0.385. The van der Waals surface area contributed by atoms with Gasteiger partial charge in [-0.1, -0.05) is 0 Å². The lowest BCUT2D eigenvalue weighted by Crippen LogP contribution is -2.27. The van der Waals surface area contributed by atoms with Crippen molar-refractivity contribution in [3.05, 3.63) is 24.3 Å². The highest BCUT2D eigenvalue weighted by Gasteiger charge is 2.20. The summed E-state index contributed by atoms with van der Waals surface area (Å²) in [5.74, 6) is -0.0893. The van der Waals surface area contributed by atoms with Gasteiger partial charge in [-0.25, -0.2) is 4.79 Å². The Morgan fingerprint density at radius 2 is 2.16 bits per heavy atom. The predicted molar refractivity (Wildman–Crippen MR) is 72.3 cm³/mol. The normalized spacial score (nSPS) is 14.4. The minimum Gasteiger partial charge on any atom is -0.384 e. The molecule has 1 heterocycles. The third-order valence-corrected chi connectivity index (χ3v) is 2.85. The second-order valence-electron chi connectivity index (χ2n) is 4.22. The molecule has 0 atom stereocenters. The number of rotatable bonds is 5. The zero-order valence-electron chi connectivity index (χ0n) is 10.8. The zero-order valence-corrected chi connectivity index (χ0v) is 10.8. The van der Waals surface area contributed by atoms with Crippen molar-refractivity contribution in [3.8, 4) is 0 Å². The summed E-state index contributed by atoms with van der Waals surface area (Å²) in [6.45, 7) is 1.73. The Kier molecular flexibility index (Phi) is 4.35. The molecule has 1 fully saturated rings. The number of ether oxygens (including phenoxy) is 1. The standard InChI is InChI=1S/C13H17N3O3/c1-19-9-6-12(17)15-10-2-4-11(5-3-10)16-8-7-14-13(16)18/h2-5H,6-9H2,1H3,(H,14,18)(H,15,17). The Labute approximate surface area is 111 Å². The summed E-state index contributed by atoms with van der Waals surface area (Å²) in [5, 5.41) is 5.51. The topological polar surface area (TPSA) is 70.7 Å². The number of nitrogens with zero attached hydrogens (tertiary/aromatic N) is 1. The summed E-state index contributed by atoms with van der Waals surface area (Å²) in [6, 6.07) is 7.11. The molecule has 0 unspecified atom stereocenters. The van der Waals surface area contributed by atoms with E-state index in [1.54, 1.807) is 24.1 Å². The highest BCUT2D eigenvalue weighted by atomic mass is 16.5. The number of anilines is 2. The lowest BCUT2D eigenvalue weighted by molar-refractivity contribution is -0.117. The van der Waals surface area contributed by atoms with Crippen LogP contribution in [0.1, 0.15) is 6.42 Å². The van der Waals surface area contributed by atoms with Crippen molar-refractivity contribution in [2.45, 2.75) is 6.42 Å². The minimum absolute atomic E-state index is 0.0862. The maximum Gasteiger partial charge on any atom is 0.321 e. The van der Waals surface area contributed by atoms with Gasteiger partial charge in [0.15, 0.2) is 0 Å². The summed E-state index contributed by atoms with van der Waals surface area (Å²) >= 11 is 0. The molecular formula is C13H17N3O3. The number of nitrogens with one attached hydrogen (secondary N) is 2. The molecule has 19 heavy (non-hydrogen) atoms. The van der Waals surface area contributed by atoms with Gasteiger partial charge in [0, 0.05) is 31.6 Å². The lowest BCUT2D eigenvalue weighted by atomic mass is 10.2. The van der Waals surface area contributed by atoms with Crippen LogP contribution in [0.4, 0.5) is 16.2 Å². The smallest absolute Gasteiger partial charge is 0.321 e. The van der Waals surface area contributed by atoms with Crippen molar-refractivity contribution in [1.82, 2.24) is 5.32 Å². The maximum atomic E-state index is 11.5. The van der Waals surface area contributed by atoms with Gasteiger partial charge in [0.2, 0.25) is 5.91 Å². The van der Waals surface area contributed by atoms with Gasteiger partial charge < -0.3 is 15.4 Å². The van der Waals surface area contributed by atoms with Gasteiger partial charge in [0.1, 0.15) is 0 Å². The van der Waals surface area contributed by atoms with Crippen LogP contribution in [0.15, 0.2) is 24.3 Å². The van der Waals surface area contributed by atoms with Gasteiger partial charge in [-0.15, -0.1) is 0 Å². The van der Waals surface area contributed by atoms with Gasteiger partial charge in [0.05, 0.1) is 13.0 Å². The average Bonchev–Trinajstić information content (AvgIpc) is 2.83. The summed E-state index contributed by atoms with van der Waals surface area (Å²) < 4.78 is 4.84. The molecule has 6 nitrogen and oxygen atoms in total. The summed E-state index contributed by atoms with van der Waals surface area (Å²) in [7, 11) is 1.56. The monoisotopic (exact) mass is 263 g/mol. The van der Waals surface area contributed by atoms with Crippen molar-refractivity contribution in [3.63, 3.8) is 0 Å². The number of carbonyl (C=O) groups excluding carboxylic acids is 2. The van der Waals surface area contributed by atoms with Crippen LogP contribution in [0.25, 0.3) is 0 Å². The molecule has 2 N–H and O–H groups in total. The van der Waals surface area contributed by atoms with Crippen LogP contribution in [0.2, 0.25) is 0 Å². The molecule has 0 saturated carbocycles. The van der Waals surface area contributed by atoms with E-state index in [2.05, 4.69) is 10.6 Å². The van der Waals surface area contributed by atoms with Gasteiger partial charge in [-0.05, 0) is 24.3 Å². The third-order valence-electron chi connectivity index (χ3n) is 2.85. The quantitative estimate of drug-likeness (QED) is 0.838. The van der Waals surface area contributed by atoms with E-state index >= 15 is 0 Å². The van der Waals surface area contributed by atoms with Gasteiger partial charge in [-0.2, -0.15) is 0 Å². The number of benzene rings is 1. The first kappa shape index (κ1) is 13.4. The highest BCUT2D eigenvalue weighted by Crippen LogP contribution is 2.19. The van der Waals surface area contributed by atoms with E-state index in [1.165, 1.54) is 0 Å². The fourth-order valence-corrected chi connectivity index (χ4v) is 1.86. The molecule has 1 aliphatic rings. The molecule has 0 aromatic heterocycles. The second-order valence-corrected chi connectivity index (χ2v) is 4.22. The largest absolute Gasteiger partial charge is 0.384 e. The molecule has 0 aliphatic carbocycles. The van der Waals surface area contributed by atoms with Crippen LogP contribution >= 0.6 is 0 Å². The summed E-state index contributed by atoms with van der Waals surface area (Å²) in [6.07, 6.45) is 0.326. The van der Waals surface area contributed by atoms with E-state index in [4.69, 9.17) is 4.74 Å². The Bertz CT molecular complexity index is 459. The van der Waals surface area contributed by atoms with E-state index < -0.39 is 0 Å².